The zero-order chi connectivity index (χ0) is 17.0. The molecule has 8 nitrogen and oxygen atoms in total. The molecule has 1 fully saturated rings. The van der Waals surface area contributed by atoms with Crippen molar-refractivity contribution >= 4 is 11.9 Å². The van der Waals surface area contributed by atoms with Crippen LogP contribution in [0.25, 0.3) is 0 Å². The van der Waals surface area contributed by atoms with Crippen molar-refractivity contribution in [3.63, 3.8) is 0 Å². The third-order valence-corrected chi connectivity index (χ3v) is 4.52. The number of hydrogen-bond acceptors (Lipinski definition) is 5. The highest BCUT2D eigenvalue weighted by atomic mass is 16.4. The number of benzene rings is 1. The smallest absolute Gasteiger partial charge is 0.335 e. The largest absolute Gasteiger partial charge is 0.478 e. The fourth-order valence-corrected chi connectivity index (χ4v) is 3.22. The highest BCUT2D eigenvalue weighted by molar-refractivity contribution is 5.88. The van der Waals surface area contributed by atoms with E-state index in [1.807, 2.05) is 0 Å². The molecule has 126 valence electrons. The number of carbonyl (C=O) groups is 2. The van der Waals surface area contributed by atoms with Crippen LogP contribution in [0.1, 0.15) is 48.0 Å². The molecule has 1 saturated carbocycles. The van der Waals surface area contributed by atoms with Gasteiger partial charge < -0.3 is 10.4 Å². The molecule has 1 aromatic carbocycles. The quantitative estimate of drug-likeness (QED) is 0.857. The molecular formula is C16H19N5O3. The number of rotatable bonds is 5. The van der Waals surface area contributed by atoms with Crippen molar-refractivity contribution in [3.8, 4) is 0 Å². The van der Waals surface area contributed by atoms with Crippen molar-refractivity contribution in [2.24, 2.45) is 0 Å². The Balaban J connectivity index is 1.75. The number of aromatic carboxylic acids is 1. The molecule has 0 radical (unpaired) electrons. The molecule has 0 bridgehead atoms. The normalized spacial score (nSPS) is 16.5. The summed E-state index contributed by atoms with van der Waals surface area (Å²) in [5, 5.41) is 23.2. The summed E-state index contributed by atoms with van der Waals surface area (Å²) in [5.41, 5.74) is 0.187. The Kier molecular flexibility index (Phi) is 4.54. The monoisotopic (exact) mass is 329 g/mol. The number of aromatic nitrogens is 4. The first-order chi connectivity index (χ1) is 11.6. The highest BCUT2D eigenvalue weighted by Gasteiger charge is 2.42. The van der Waals surface area contributed by atoms with Crippen molar-refractivity contribution in [2.75, 3.05) is 0 Å². The Morgan fingerprint density at radius 1 is 1.25 bits per heavy atom. The molecule has 2 aromatic rings. The molecule has 0 aliphatic heterocycles. The molecule has 1 aliphatic rings. The second-order valence-corrected chi connectivity index (χ2v) is 6.03. The van der Waals surface area contributed by atoms with E-state index >= 15 is 0 Å². The lowest BCUT2D eigenvalue weighted by molar-refractivity contribution is -0.132. The summed E-state index contributed by atoms with van der Waals surface area (Å²) >= 11 is 0. The van der Waals surface area contributed by atoms with Crippen LogP contribution >= 0.6 is 0 Å². The standard InChI is InChI=1S/C16H19N5O3/c22-14(23)13-6-4-5-12(9-13)10-17-15(24)16(7-2-1-3-8-16)21-11-18-19-20-21/h4-6,9,11H,1-3,7-8,10H2,(H,17,24)(H,22,23). The van der Waals surface area contributed by atoms with Gasteiger partial charge in [-0.25, -0.2) is 9.48 Å². The minimum absolute atomic E-state index is 0.129. The summed E-state index contributed by atoms with van der Waals surface area (Å²) in [6.45, 7) is 0.268. The highest BCUT2D eigenvalue weighted by Crippen LogP contribution is 2.34. The number of tetrazole rings is 1. The molecule has 0 spiro atoms. The maximum atomic E-state index is 12.9. The van der Waals surface area contributed by atoms with E-state index in [1.165, 1.54) is 12.4 Å². The van der Waals surface area contributed by atoms with E-state index in [0.29, 0.717) is 12.8 Å². The number of carbonyl (C=O) groups excluding carboxylic acids is 1. The van der Waals surface area contributed by atoms with Crippen LogP contribution < -0.4 is 5.32 Å². The van der Waals surface area contributed by atoms with Gasteiger partial charge in [0.2, 0.25) is 5.91 Å². The van der Waals surface area contributed by atoms with Crippen molar-refractivity contribution in [1.82, 2.24) is 25.5 Å². The summed E-state index contributed by atoms with van der Waals surface area (Å²) in [4.78, 5) is 23.9. The number of amides is 1. The molecule has 1 heterocycles. The molecule has 2 N–H and O–H groups in total. The average molecular weight is 329 g/mol. The zero-order valence-corrected chi connectivity index (χ0v) is 13.2. The molecule has 24 heavy (non-hydrogen) atoms. The first-order valence-corrected chi connectivity index (χ1v) is 7.96. The van der Waals surface area contributed by atoms with Crippen molar-refractivity contribution < 1.29 is 14.7 Å². The van der Waals surface area contributed by atoms with Gasteiger partial charge >= 0.3 is 5.97 Å². The number of nitrogens with zero attached hydrogens (tertiary/aromatic N) is 4. The van der Waals surface area contributed by atoms with E-state index in [0.717, 1.165) is 24.8 Å². The first kappa shape index (κ1) is 16.1. The predicted octanol–water partition coefficient (Wildman–Crippen LogP) is 1.35. The first-order valence-electron chi connectivity index (χ1n) is 7.96. The Morgan fingerprint density at radius 2 is 2.04 bits per heavy atom. The van der Waals surface area contributed by atoms with E-state index < -0.39 is 11.5 Å². The van der Waals surface area contributed by atoms with E-state index in [1.54, 1.807) is 22.9 Å². The van der Waals surface area contributed by atoms with Crippen LogP contribution in [0, 0.1) is 0 Å². The minimum atomic E-state index is -0.986. The van der Waals surface area contributed by atoms with Crippen molar-refractivity contribution in [3.05, 3.63) is 41.7 Å². The lowest BCUT2D eigenvalue weighted by Gasteiger charge is -2.35. The van der Waals surface area contributed by atoms with Crippen LogP contribution in [-0.2, 0) is 16.9 Å². The van der Waals surface area contributed by atoms with E-state index in [2.05, 4.69) is 20.8 Å². The molecule has 0 saturated heterocycles. The lowest BCUT2D eigenvalue weighted by Crippen LogP contribution is -2.50. The van der Waals surface area contributed by atoms with Gasteiger partial charge in [-0.2, -0.15) is 0 Å². The number of hydrogen-bond donors (Lipinski definition) is 2. The lowest BCUT2D eigenvalue weighted by atomic mass is 9.81. The van der Waals surface area contributed by atoms with Crippen LogP contribution in [0.15, 0.2) is 30.6 Å². The summed E-state index contributed by atoms with van der Waals surface area (Å²) in [6, 6.07) is 6.55. The Hall–Kier alpha value is -2.77. The van der Waals surface area contributed by atoms with Gasteiger partial charge in [0.05, 0.1) is 5.56 Å². The Bertz CT molecular complexity index is 723. The SMILES string of the molecule is O=C(O)c1cccc(CNC(=O)C2(n3cnnn3)CCCCC2)c1. The van der Waals surface area contributed by atoms with Crippen LogP contribution in [0.3, 0.4) is 0 Å². The molecular weight excluding hydrogens is 310 g/mol. The zero-order valence-electron chi connectivity index (χ0n) is 13.2. The van der Waals surface area contributed by atoms with E-state index in [9.17, 15) is 9.59 Å². The molecule has 8 heteroatoms. The van der Waals surface area contributed by atoms with Gasteiger partial charge in [0.1, 0.15) is 11.9 Å². The number of nitrogens with one attached hydrogen (secondary N) is 1. The van der Waals surface area contributed by atoms with E-state index in [-0.39, 0.29) is 18.0 Å². The molecule has 0 atom stereocenters. The Labute approximate surface area is 138 Å². The molecule has 0 unspecified atom stereocenters. The van der Waals surface area contributed by atoms with Gasteiger partial charge in [0.25, 0.3) is 0 Å². The topological polar surface area (TPSA) is 110 Å². The summed E-state index contributed by atoms with van der Waals surface area (Å²) in [5.74, 6) is -1.11. The third-order valence-electron chi connectivity index (χ3n) is 4.52. The van der Waals surface area contributed by atoms with Crippen LogP contribution in [0.5, 0.6) is 0 Å². The molecule has 3 rings (SSSR count). The van der Waals surface area contributed by atoms with Gasteiger partial charge in [0.15, 0.2) is 0 Å². The fraction of sp³-hybridized carbons (Fsp3) is 0.438. The summed E-state index contributed by atoms with van der Waals surface area (Å²) < 4.78 is 1.55. The summed E-state index contributed by atoms with van der Waals surface area (Å²) in [7, 11) is 0. The van der Waals surface area contributed by atoms with Gasteiger partial charge in [-0.3, -0.25) is 4.79 Å². The van der Waals surface area contributed by atoms with Gasteiger partial charge in [-0.1, -0.05) is 31.4 Å². The average Bonchev–Trinajstić information content (AvgIpc) is 3.15. The second kappa shape index (κ2) is 6.77. The number of carboxylic acids is 1. The van der Waals surface area contributed by atoms with Crippen molar-refractivity contribution in [1.29, 1.82) is 0 Å². The van der Waals surface area contributed by atoms with E-state index in [4.69, 9.17) is 5.11 Å². The molecule has 1 aliphatic carbocycles. The van der Waals surface area contributed by atoms with Crippen LogP contribution in [0.2, 0.25) is 0 Å². The maximum Gasteiger partial charge on any atom is 0.335 e. The van der Waals surface area contributed by atoms with Crippen LogP contribution in [0.4, 0.5) is 0 Å². The van der Waals surface area contributed by atoms with Crippen LogP contribution in [-0.4, -0.2) is 37.2 Å². The fourth-order valence-electron chi connectivity index (χ4n) is 3.22. The van der Waals surface area contributed by atoms with Gasteiger partial charge in [0, 0.05) is 6.54 Å². The predicted molar refractivity (Wildman–Crippen MR) is 84.1 cm³/mol. The van der Waals surface area contributed by atoms with Gasteiger partial charge in [-0.05, 0) is 41.0 Å². The number of carboxylic acid groups (broad SMARTS) is 1. The minimum Gasteiger partial charge on any atom is -0.478 e. The van der Waals surface area contributed by atoms with Gasteiger partial charge in [-0.15, -0.1) is 5.10 Å². The Morgan fingerprint density at radius 3 is 2.71 bits per heavy atom. The second-order valence-electron chi connectivity index (χ2n) is 6.03. The summed E-state index contributed by atoms with van der Waals surface area (Å²) in [6.07, 6.45) is 5.86. The molecule has 1 amide bonds. The maximum absolute atomic E-state index is 12.9. The van der Waals surface area contributed by atoms with Crippen molar-refractivity contribution in [2.45, 2.75) is 44.2 Å². The molecule has 1 aromatic heterocycles. The third kappa shape index (κ3) is 3.12.